The number of hydrogen-bond acceptors (Lipinski definition) is 5. The van der Waals surface area contributed by atoms with E-state index in [1.165, 1.54) is 24.0 Å². The second-order valence-electron chi connectivity index (χ2n) is 9.61. The second kappa shape index (κ2) is 8.98. The lowest BCUT2D eigenvalue weighted by Gasteiger charge is -2.26. The number of carbonyl (C=O) groups is 1. The van der Waals surface area contributed by atoms with Crippen LogP contribution in [0.4, 0.5) is 5.82 Å². The fourth-order valence-electron chi connectivity index (χ4n) is 4.69. The molecule has 5 rings (SSSR count). The molecule has 7 heteroatoms. The van der Waals surface area contributed by atoms with Crippen LogP contribution in [0.3, 0.4) is 0 Å². The van der Waals surface area contributed by atoms with Gasteiger partial charge in [-0.1, -0.05) is 50.2 Å². The van der Waals surface area contributed by atoms with Crippen LogP contribution in [0.5, 0.6) is 0 Å². The topological polar surface area (TPSA) is 89.9 Å². The highest BCUT2D eigenvalue weighted by molar-refractivity contribution is 5.88. The third-order valence-electron chi connectivity index (χ3n) is 6.94. The molecule has 1 saturated heterocycles. The molecule has 0 spiro atoms. The van der Waals surface area contributed by atoms with Crippen molar-refractivity contribution in [1.82, 2.24) is 19.7 Å². The Hall–Kier alpha value is -4.00. The van der Waals surface area contributed by atoms with Crippen molar-refractivity contribution in [3.63, 3.8) is 0 Å². The van der Waals surface area contributed by atoms with Gasteiger partial charge in [0.05, 0.1) is 5.69 Å². The zero-order chi connectivity index (χ0) is 24.6. The van der Waals surface area contributed by atoms with Crippen molar-refractivity contribution in [2.45, 2.75) is 39.0 Å². The molecule has 0 saturated carbocycles. The predicted octanol–water partition coefficient (Wildman–Crippen LogP) is 4.66. The van der Waals surface area contributed by atoms with Crippen LogP contribution in [0.1, 0.15) is 54.3 Å². The van der Waals surface area contributed by atoms with Crippen LogP contribution in [0.25, 0.3) is 16.8 Å². The Kier molecular flexibility index (Phi) is 5.84. The Bertz CT molecular complexity index is 1330. The van der Waals surface area contributed by atoms with Gasteiger partial charge in [-0.15, -0.1) is 5.10 Å². The van der Waals surface area contributed by atoms with Crippen molar-refractivity contribution in [3.05, 3.63) is 89.6 Å². The first-order valence-electron chi connectivity index (χ1n) is 12.0. The molecule has 0 unspecified atom stereocenters. The first kappa shape index (κ1) is 22.8. The van der Waals surface area contributed by atoms with Crippen LogP contribution in [-0.2, 0) is 5.41 Å². The molecule has 3 heterocycles. The van der Waals surface area contributed by atoms with Gasteiger partial charge in [0.1, 0.15) is 11.6 Å². The summed E-state index contributed by atoms with van der Waals surface area (Å²) in [6.07, 6.45) is 4.47. The number of amides is 1. The summed E-state index contributed by atoms with van der Waals surface area (Å²) in [6, 6.07) is 21.2. The Labute approximate surface area is 205 Å². The molecule has 1 aliphatic rings. The second-order valence-corrected chi connectivity index (χ2v) is 9.61. The van der Waals surface area contributed by atoms with Gasteiger partial charge >= 0.3 is 0 Å². The maximum atomic E-state index is 11.4. The van der Waals surface area contributed by atoms with E-state index in [-0.39, 0.29) is 11.2 Å². The van der Waals surface area contributed by atoms with Crippen LogP contribution in [-0.4, -0.2) is 38.7 Å². The first-order chi connectivity index (χ1) is 16.8. The van der Waals surface area contributed by atoms with Crippen LogP contribution < -0.4 is 10.6 Å². The normalized spacial score (nSPS) is 13.9. The lowest BCUT2D eigenvalue weighted by molar-refractivity contribution is 0.0990. The molecule has 0 radical (unpaired) electrons. The van der Waals surface area contributed by atoms with Crippen LogP contribution in [0, 0.1) is 6.92 Å². The number of pyridine rings is 1. The van der Waals surface area contributed by atoms with E-state index < -0.39 is 5.91 Å². The highest BCUT2D eigenvalue weighted by Gasteiger charge is 2.23. The number of nitrogens with zero attached hydrogens (tertiary/aromatic N) is 5. The van der Waals surface area contributed by atoms with Crippen molar-refractivity contribution < 1.29 is 4.79 Å². The highest BCUT2D eigenvalue weighted by atomic mass is 16.1. The SMILES string of the molecule is Cc1nc(C(N)=O)nn1-c1ccc(C(C)(C)c2ccc(-c3ccc(N4CCCC4)nc3)cc2)cc1. The number of nitrogens with two attached hydrogens (primary N) is 1. The molecule has 0 bridgehead atoms. The van der Waals surface area contributed by atoms with Crippen LogP contribution in [0.2, 0.25) is 0 Å². The molecule has 0 atom stereocenters. The number of carbonyl (C=O) groups excluding carboxylic acids is 1. The average Bonchev–Trinajstić information content (AvgIpc) is 3.55. The summed E-state index contributed by atoms with van der Waals surface area (Å²) < 4.78 is 1.63. The largest absolute Gasteiger partial charge is 0.363 e. The standard InChI is InChI=1S/C28H30N6O/c1-19-31-27(26(29)35)32-34(19)24-13-11-23(12-14-24)28(2,3)22-9-6-20(7-10-22)21-8-15-25(30-18-21)33-16-4-5-17-33/h6-15,18H,4-5,16-17H2,1-3H3,(H2,29,35). The van der Waals surface area contributed by atoms with E-state index in [1.807, 2.05) is 18.3 Å². The molecule has 2 aromatic heterocycles. The molecular formula is C28H30N6O. The number of benzene rings is 2. The lowest BCUT2D eigenvalue weighted by Crippen LogP contribution is -2.19. The van der Waals surface area contributed by atoms with Crippen molar-refractivity contribution in [2.24, 2.45) is 5.73 Å². The molecule has 1 fully saturated rings. The summed E-state index contributed by atoms with van der Waals surface area (Å²) >= 11 is 0. The maximum Gasteiger partial charge on any atom is 0.288 e. The average molecular weight is 467 g/mol. The Morgan fingerprint density at radius 3 is 2.03 bits per heavy atom. The van der Waals surface area contributed by atoms with E-state index in [0.29, 0.717) is 5.82 Å². The van der Waals surface area contributed by atoms with Crippen molar-refractivity contribution in [3.8, 4) is 16.8 Å². The Morgan fingerprint density at radius 2 is 1.49 bits per heavy atom. The predicted molar refractivity (Wildman–Crippen MR) is 138 cm³/mol. The van der Waals surface area contributed by atoms with Gasteiger partial charge in [-0.2, -0.15) is 0 Å². The molecule has 2 aromatic carbocycles. The summed E-state index contributed by atoms with van der Waals surface area (Å²) in [4.78, 5) is 22.6. The summed E-state index contributed by atoms with van der Waals surface area (Å²) in [7, 11) is 0. The molecule has 1 amide bonds. The van der Waals surface area contributed by atoms with E-state index in [4.69, 9.17) is 10.7 Å². The van der Waals surface area contributed by atoms with E-state index in [2.05, 4.69) is 77.4 Å². The van der Waals surface area contributed by atoms with Crippen molar-refractivity contribution in [2.75, 3.05) is 18.0 Å². The maximum absolute atomic E-state index is 11.4. The number of hydrogen-bond donors (Lipinski definition) is 1. The van der Waals surface area contributed by atoms with Gasteiger partial charge in [0.25, 0.3) is 5.91 Å². The number of rotatable bonds is 6. The minimum atomic E-state index is -0.633. The highest BCUT2D eigenvalue weighted by Crippen LogP contribution is 2.33. The molecule has 35 heavy (non-hydrogen) atoms. The summed E-state index contributed by atoms with van der Waals surface area (Å²) in [6.45, 7) is 8.44. The summed E-state index contributed by atoms with van der Waals surface area (Å²) in [5.41, 5.74) is 10.7. The van der Waals surface area contributed by atoms with Gasteiger partial charge in [-0.05, 0) is 60.7 Å². The molecule has 2 N–H and O–H groups in total. The lowest BCUT2D eigenvalue weighted by atomic mass is 9.78. The van der Waals surface area contributed by atoms with Gasteiger partial charge in [0, 0.05) is 30.3 Å². The Balaban J connectivity index is 1.34. The van der Waals surface area contributed by atoms with Gasteiger partial charge in [0.2, 0.25) is 5.82 Å². The number of aryl methyl sites for hydroxylation is 1. The quantitative estimate of drug-likeness (QED) is 0.446. The van der Waals surface area contributed by atoms with Crippen LogP contribution in [0.15, 0.2) is 66.9 Å². The van der Waals surface area contributed by atoms with E-state index in [0.717, 1.165) is 35.7 Å². The number of anilines is 1. The minimum absolute atomic E-state index is 0.0212. The van der Waals surface area contributed by atoms with E-state index in [9.17, 15) is 4.79 Å². The zero-order valence-corrected chi connectivity index (χ0v) is 20.4. The third-order valence-corrected chi connectivity index (χ3v) is 6.94. The molecule has 0 aliphatic carbocycles. The van der Waals surface area contributed by atoms with Gasteiger partial charge in [0.15, 0.2) is 0 Å². The number of primary amides is 1. The fourth-order valence-corrected chi connectivity index (χ4v) is 4.69. The molecule has 7 nitrogen and oxygen atoms in total. The fraction of sp³-hybridized carbons (Fsp3) is 0.286. The molecular weight excluding hydrogens is 436 g/mol. The van der Waals surface area contributed by atoms with E-state index >= 15 is 0 Å². The summed E-state index contributed by atoms with van der Waals surface area (Å²) in [5, 5.41) is 4.22. The molecule has 1 aliphatic heterocycles. The van der Waals surface area contributed by atoms with E-state index in [1.54, 1.807) is 11.6 Å². The molecule has 4 aromatic rings. The smallest absolute Gasteiger partial charge is 0.288 e. The van der Waals surface area contributed by atoms with Gasteiger partial charge in [-0.25, -0.2) is 14.6 Å². The van der Waals surface area contributed by atoms with Gasteiger partial charge in [-0.3, -0.25) is 4.79 Å². The first-order valence-corrected chi connectivity index (χ1v) is 12.0. The number of aromatic nitrogens is 4. The third kappa shape index (κ3) is 4.41. The molecule has 178 valence electrons. The van der Waals surface area contributed by atoms with Gasteiger partial charge < -0.3 is 10.6 Å². The summed E-state index contributed by atoms with van der Waals surface area (Å²) in [5.74, 6) is 1.07. The minimum Gasteiger partial charge on any atom is -0.363 e. The monoisotopic (exact) mass is 466 g/mol. The van der Waals surface area contributed by atoms with Crippen LogP contribution >= 0.6 is 0 Å². The van der Waals surface area contributed by atoms with Crippen molar-refractivity contribution >= 4 is 11.7 Å². The Morgan fingerprint density at radius 1 is 0.886 bits per heavy atom. The van der Waals surface area contributed by atoms with Crippen molar-refractivity contribution in [1.29, 1.82) is 0 Å². The zero-order valence-electron chi connectivity index (χ0n) is 20.4.